The molecule has 4 atom stereocenters. The standard InChI is InChI=1S/C74H58N6O14/c1-39(2)67(73(85)93-57-29-41(25-27-75-57)77-35-47-37-87-47)79-69(81)49-31-53(89-43-17-9-5-10-18-43)61-63-55(91-45-21-13-7-14-22-45)33-51-60-52(72(84)80(71(51)83)68(40(3)4)74(86)94-58-30-42(26-28-76-58)78-36-48-38-88-48)34-56(92-46-23-15-8-16-24-46)64(66(60)63)62-54(90-44-19-11-6-12-20-44)32-50(70(79)82)59(49)65(61)62/h5-34,39-40,47-48,67-68H,35-38H2,1-4H3,(H,75,77)(H,76,78). The van der Waals surface area contributed by atoms with E-state index in [9.17, 15) is 9.59 Å². The molecule has 2 saturated heterocycles. The second-order valence-corrected chi connectivity index (χ2v) is 24.0. The molecule has 468 valence electrons. The third-order valence-corrected chi connectivity index (χ3v) is 16.9. The van der Waals surface area contributed by atoms with Gasteiger partial charge >= 0.3 is 11.9 Å². The molecule has 2 fully saturated rings. The minimum atomic E-state index is -1.51. The van der Waals surface area contributed by atoms with Gasteiger partial charge in [0.2, 0.25) is 11.8 Å². The zero-order chi connectivity index (χ0) is 64.5. The Kier molecular flexibility index (Phi) is 15.0. The minimum Gasteiger partial charge on any atom is -0.457 e. The van der Waals surface area contributed by atoms with Crippen LogP contribution in [0.3, 0.4) is 0 Å². The maximum atomic E-state index is 16.0. The Morgan fingerprint density at radius 2 is 0.713 bits per heavy atom. The quantitative estimate of drug-likeness (QED) is 0.0211. The van der Waals surface area contributed by atoms with Gasteiger partial charge in [-0.3, -0.25) is 29.0 Å². The predicted octanol–water partition coefficient (Wildman–Crippen LogP) is 13.8. The van der Waals surface area contributed by atoms with Crippen molar-refractivity contribution in [3.05, 3.63) is 205 Å². The van der Waals surface area contributed by atoms with E-state index in [1.54, 1.807) is 149 Å². The van der Waals surface area contributed by atoms with E-state index in [-0.39, 0.29) is 112 Å². The van der Waals surface area contributed by atoms with Crippen molar-refractivity contribution in [3.63, 3.8) is 0 Å². The Labute approximate surface area is 537 Å². The lowest BCUT2D eigenvalue weighted by atomic mass is 9.80. The van der Waals surface area contributed by atoms with Gasteiger partial charge in [0.1, 0.15) is 58.1 Å². The van der Waals surface area contributed by atoms with Gasteiger partial charge in [-0.1, -0.05) is 100 Å². The number of aromatic nitrogens is 2. The normalized spacial score (nSPS) is 16.2. The lowest BCUT2D eigenvalue weighted by Crippen LogP contribution is -2.54. The minimum absolute atomic E-state index is 0.0272. The zero-order valence-electron chi connectivity index (χ0n) is 51.1. The van der Waals surface area contributed by atoms with Crippen LogP contribution in [0.1, 0.15) is 69.1 Å². The number of epoxide rings is 2. The predicted molar refractivity (Wildman–Crippen MR) is 348 cm³/mol. The first kappa shape index (κ1) is 58.9. The number of nitrogens with one attached hydrogen (secondary N) is 2. The summed E-state index contributed by atoms with van der Waals surface area (Å²) in [6.07, 6.45) is 3.07. The zero-order valence-corrected chi connectivity index (χ0v) is 51.1. The molecular formula is C74H58N6O14. The summed E-state index contributed by atoms with van der Waals surface area (Å²) in [6.45, 7) is 9.14. The smallest absolute Gasteiger partial charge is 0.336 e. The number of amides is 4. The number of rotatable bonds is 22. The van der Waals surface area contributed by atoms with Gasteiger partial charge in [-0.05, 0) is 96.8 Å². The molecule has 0 aliphatic carbocycles. The van der Waals surface area contributed by atoms with Crippen molar-refractivity contribution in [2.45, 2.75) is 52.0 Å². The molecule has 2 aromatic heterocycles. The molecule has 9 aromatic carbocycles. The SMILES string of the molecule is CC(C)C(C(=O)Oc1cc(NCC2CO2)ccn1)N1C(=O)c2cc(Oc3ccccc3)c3c4c(Oc5ccccc5)cc5c6c(cc(Oc7ccccc7)c(c7c(Oc8ccccc8)cc(c2c37)C1=O)c64)C(=O)N(C(C(=O)Oc1cc(NCC2CO2)ccn1)C(C)C)C5=O. The van der Waals surface area contributed by atoms with Crippen molar-refractivity contribution in [3.8, 4) is 57.8 Å². The Hall–Kier alpha value is -11.5. The summed E-state index contributed by atoms with van der Waals surface area (Å²) in [7, 11) is 0. The van der Waals surface area contributed by atoms with Crippen molar-refractivity contribution in [2.75, 3.05) is 36.9 Å². The van der Waals surface area contributed by atoms with Crippen LogP contribution in [0.2, 0.25) is 0 Å². The summed E-state index contributed by atoms with van der Waals surface area (Å²) in [6, 6.07) is 45.1. The fourth-order valence-corrected chi connectivity index (χ4v) is 12.5. The highest BCUT2D eigenvalue weighted by atomic mass is 16.6. The molecule has 20 heteroatoms. The molecule has 0 radical (unpaired) electrons. The van der Waals surface area contributed by atoms with Crippen LogP contribution in [-0.2, 0) is 19.1 Å². The van der Waals surface area contributed by atoms with E-state index < -0.39 is 59.5 Å². The molecule has 94 heavy (non-hydrogen) atoms. The third-order valence-electron chi connectivity index (χ3n) is 16.9. The van der Waals surface area contributed by atoms with Crippen LogP contribution in [-0.4, -0.2) is 106 Å². The molecule has 15 rings (SSSR count). The highest BCUT2D eigenvalue weighted by molar-refractivity contribution is 6.45. The number of hydrogen-bond acceptors (Lipinski definition) is 18. The number of imide groups is 2. The first-order valence-corrected chi connectivity index (χ1v) is 30.8. The van der Waals surface area contributed by atoms with Crippen LogP contribution in [0.5, 0.6) is 57.8 Å². The maximum absolute atomic E-state index is 16.0. The van der Waals surface area contributed by atoms with Gasteiger partial charge in [0.25, 0.3) is 23.6 Å². The number of fused-ring (bicyclic) bond motifs is 2. The molecule has 11 aromatic rings. The fraction of sp³-hybridized carbons (Fsp3) is 0.189. The summed E-state index contributed by atoms with van der Waals surface area (Å²) in [5.41, 5.74) is 1.12. The van der Waals surface area contributed by atoms with Crippen LogP contribution in [0.15, 0.2) is 182 Å². The van der Waals surface area contributed by atoms with Crippen molar-refractivity contribution in [1.82, 2.24) is 19.8 Å². The van der Waals surface area contributed by atoms with Gasteiger partial charge in [-0.25, -0.2) is 19.6 Å². The molecular weight excluding hydrogens is 1200 g/mol. The fourth-order valence-electron chi connectivity index (χ4n) is 12.5. The molecule has 0 bridgehead atoms. The Balaban J connectivity index is 0.998. The topological polar surface area (TPSA) is 239 Å². The van der Waals surface area contributed by atoms with Gasteiger partial charge in [0, 0.05) is 92.1 Å². The highest BCUT2D eigenvalue weighted by Crippen LogP contribution is 2.58. The van der Waals surface area contributed by atoms with Gasteiger partial charge in [-0.15, -0.1) is 0 Å². The number of ether oxygens (including phenoxy) is 8. The Morgan fingerprint density at radius 3 is 0.979 bits per heavy atom. The van der Waals surface area contributed by atoms with Crippen LogP contribution in [0, 0.1) is 11.8 Å². The molecule has 0 spiro atoms. The van der Waals surface area contributed by atoms with Crippen LogP contribution >= 0.6 is 0 Å². The van der Waals surface area contributed by atoms with E-state index in [0.29, 0.717) is 60.7 Å². The summed E-state index contributed by atoms with van der Waals surface area (Å²) in [5.74, 6) is -5.16. The molecule has 4 aliphatic heterocycles. The number of pyridine rings is 2. The molecule has 0 saturated carbocycles. The monoisotopic (exact) mass is 1250 g/mol. The van der Waals surface area contributed by atoms with E-state index >= 15 is 19.2 Å². The first-order valence-electron chi connectivity index (χ1n) is 30.8. The van der Waals surface area contributed by atoms with E-state index in [2.05, 4.69) is 20.6 Å². The van der Waals surface area contributed by atoms with Gasteiger partial charge in [-0.2, -0.15) is 0 Å². The summed E-state index contributed by atoms with van der Waals surface area (Å²) in [4.78, 5) is 104. The first-order chi connectivity index (χ1) is 45.7. The molecule has 6 heterocycles. The van der Waals surface area contributed by atoms with E-state index in [4.69, 9.17) is 37.9 Å². The van der Waals surface area contributed by atoms with E-state index in [1.165, 1.54) is 36.7 Å². The van der Waals surface area contributed by atoms with Gasteiger partial charge in [0.05, 0.1) is 47.7 Å². The number of para-hydroxylation sites is 4. The number of nitrogens with zero attached hydrogens (tertiary/aromatic N) is 4. The highest BCUT2D eigenvalue weighted by Gasteiger charge is 2.48. The molecule has 4 aliphatic rings. The largest absolute Gasteiger partial charge is 0.457 e. The summed E-state index contributed by atoms with van der Waals surface area (Å²) < 4.78 is 50.9. The van der Waals surface area contributed by atoms with E-state index in [0.717, 1.165) is 9.80 Å². The number of benzene rings is 9. The summed E-state index contributed by atoms with van der Waals surface area (Å²) in [5, 5.41) is 8.44. The number of carbonyl (C=O) groups is 6. The number of esters is 2. The Morgan fingerprint density at radius 1 is 0.426 bits per heavy atom. The second kappa shape index (κ2) is 24.0. The lowest BCUT2D eigenvalue weighted by Gasteiger charge is -2.36. The van der Waals surface area contributed by atoms with Gasteiger partial charge in [0.15, 0.2) is 0 Å². The van der Waals surface area contributed by atoms with Crippen molar-refractivity contribution >= 4 is 90.0 Å². The molecule has 4 unspecified atom stereocenters. The van der Waals surface area contributed by atoms with Crippen LogP contribution in [0.4, 0.5) is 11.4 Å². The Bertz CT molecular complexity index is 4360. The lowest BCUT2D eigenvalue weighted by molar-refractivity contribution is -0.141. The summed E-state index contributed by atoms with van der Waals surface area (Å²) >= 11 is 0. The van der Waals surface area contributed by atoms with Crippen molar-refractivity contribution in [2.24, 2.45) is 11.8 Å². The number of hydrogen-bond donors (Lipinski definition) is 2. The van der Waals surface area contributed by atoms with Crippen molar-refractivity contribution in [1.29, 1.82) is 0 Å². The van der Waals surface area contributed by atoms with Crippen molar-refractivity contribution < 1.29 is 66.7 Å². The van der Waals surface area contributed by atoms with Crippen LogP contribution in [0.25, 0.3) is 43.1 Å². The average molecular weight is 1260 g/mol. The maximum Gasteiger partial charge on any atom is 0.336 e. The third kappa shape index (κ3) is 10.9. The second-order valence-electron chi connectivity index (χ2n) is 24.0. The van der Waals surface area contributed by atoms with E-state index in [1.807, 2.05) is 24.3 Å². The van der Waals surface area contributed by atoms with Gasteiger partial charge < -0.3 is 48.5 Å². The molecule has 2 N–H and O–H groups in total. The molecule has 20 nitrogen and oxygen atoms in total. The average Bonchev–Trinajstić information content (AvgIpc) is 1.45. The molecule has 4 amide bonds. The number of anilines is 2. The number of carbonyl (C=O) groups excluding carboxylic acids is 6. The van der Waals surface area contributed by atoms with Crippen LogP contribution < -0.4 is 39.1 Å².